The van der Waals surface area contributed by atoms with Crippen LogP contribution in [0.3, 0.4) is 0 Å². The van der Waals surface area contributed by atoms with Crippen molar-refractivity contribution < 1.29 is 13.2 Å². The van der Waals surface area contributed by atoms with E-state index < -0.39 is 16.6 Å². The van der Waals surface area contributed by atoms with Crippen molar-refractivity contribution in [2.45, 2.75) is 18.5 Å². The number of rotatable bonds is 1. The number of aromatic nitrogens is 1. The van der Waals surface area contributed by atoms with Gasteiger partial charge in [-0.3, -0.25) is 0 Å². The third-order valence-electron chi connectivity index (χ3n) is 1.16. The molecule has 1 aromatic rings. The van der Waals surface area contributed by atoms with Gasteiger partial charge < -0.3 is 0 Å². The molecule has 12 heavy (non-hydrogen) atoms. The molecule has 0 aromatic carbocycles. The first-order valence-electron chi connectivity index (χ1n) is 3.08. The van der Waals surface area contributed by atoms with Gasteiger partial charge in [0.15, 0.2) is 5.01 Å². The molecule has 0 aliphatic carbocycles. The Balaban J connectivity index is 2.92. The fourth-order valence-corrected chi connectivity index (χ4v) is 1.50. The molecule has 1 unspecified atom stereocenters. The normalized spacial score (nSPS) is 14.8. The lowest BCUT2D eigenvalue weighted by molar-refractivity contribution is -0.137. The van der Waals surface area contributed by atoms with E-state index in [4.69, 9.17) is 11.6 Å². The molecule has 0 amide bonds. The van der Waals surface area contributed by atoms with Crippen LogP contribution < -0.4 is 0 Å². The van der Waals surface area contributed by atoms with Crippen molar-refractivity contribution in [3.63, 3.8) is 0 Å². The smallest absolute Gasteiger partial charge is 0.240 e. The lowest BCUT2D eigenvalue weighted by atomic mass is 10.4. The highest BCUT2D eigenvalue weighted by Gasteiger charge is 2.34. The van der Waals surface area contributed by atoms with Crippen LogP contribution in [0.2, 0.25) is 0 Å². The van der Waals surface area contributed by atoms with Crippen LogP contribution in [0.4, 0.5) is 13.2 Å². The maximum atomic E-state index is 12.0. The molecule has 0 saturated carbocycles. The fraction of sp³-hybridized carbons (Fsp3) is 0.500. The zero-order valence-corrected chi connectivity index (χ0v) is 7.59. The quantitative estimate of drug-likeness (QED) is 0.654. The largest absolute Gasteiger partial charge is 0.443 e. The zero-order valence-electron chi connectivity index (χ0n) is 6.02. The van der Waals surface area contributed by atoms with Gasteiger partial charge in [-0.25, -0.2) is 4.98 Å². The first kappa shape index (κ1) is 9.80. The van der Waals surface area contributed by atoms with Gasteiger partial charge in [0.2, 0.25) is 0 Å². The SMILES string of the molecule is CC(Cl)c1cnc(C(F)(F)F)s1. The predicted octanol–water partition coefficient (Wildman–Crippen LogP) is 3.46. The van der Waals surface area contributed by atoms with Crippen molar-refractivity contribution in [1.82, 2.24) is 4.98 Å². The van der Waals surface area contributed by atoms with Crippen molar-refractivity contribution in [1.29, 1.82) is 0 Å². The number of alkyl halides is 4. The van der Waals surface area contributed by atoms with E-state index in [9.17, 15) is 13.2 Å². The molecule has 0 fully saturated rings. The summed E-state index contributed by atoms with van der Waals surface area (Å²) in [5, 5.41) is -1.26. The average molecular weight is 216 g/mol. The van der Waals surface area contributed by atoms with E-state index in [1.165, 1.54) is 0 Å². The number of thiazole rings is 1. The number of hydrogen-bond acceptors (Lipinski definition) is 2. The van der Waals surface area contributed by atoms with Crippen LogP contribution >= 0.6 is 22.9 Å². The molecule has 0 aliphatic rings. The third kappa shape index (κ3) is 2.10. The molecule has 1 rings (SSSR count). The van der Waals surface area contributed by atoms with E-state index in [-0.39, 0.29) is 0 Å². The molecule has 6 heteroatoms. The summed E-state index contributed by atoms with van der Waals surface area (Å²) >= 11 is 6.15. The Morgan fingerprint density at radius 3 is 2.42 bits per heavy atom. The van der Waals surface area contributed by atoms with Gasteiger partial charge in [0, 0.05) is 11.1 Å². The molecule has 0 N–H and O–H groups in total. The summed E-state index contributed by atoms with van der Waals surface area (Å²) in [5.41, 5.74) is 0. The van der Waals surface area contributed by atoms with E-state index in [1.807, 2.05) is 0 Å². The summed E-state index contributed by atoms with van der Waals surface area (Å²) < 4.78 is 35.9. The van der Waals surface area contributed by atoms with Crippen molar-refractivity contribution >= 4 is 22.9 Å². The molecule has 0 bridgehead atoms. The summed E-state index contributed by atoms with van der Waals surface area (Å²) in [7, 11) is 0. The van der Waals surface area contributed by atoms with Crippen LogP contribution in [0.25, 0.3) is 0 Å². The Labute approximate surface area is 76.2 Å². The van der Waals surface area contributed by atoms with Crippen LogP contribution in [0, 0.1) is 0 Å². The summed E-state index contributed by atoms with van der Waals surface area (Å²) in [5.74, 6) is 0. The molecular formula is C6H5ClF3NS. The maximum Gasteiger partial charge on any atom is 0.443 e. The minimum Gasteiger partial charge on any atom is -0.240 e. The van der Waals surface area contributed by atoms with Gasteiger partial charge in [-0.1, -0.05) is 0 Å². The van der Waals surface area contributed by atoms with E-state index in [1.54, 1.807) is 6.92 Å². The first-order valence-corrected chi connectivity index (χ1v) is 4.33. The monoisotopic (exact) mass is 215 g/mol. The van der Waals surface area contributed by atoms with Gasteiger partial charge in [0.1, 0.15) is 0 Å². The number of hydrogen-bond donors (Lipinski definition) is 0. The van der Waals surface area contributed by atoms with Crippen LogP contribution in [0.5, 0.6) is 0 Å². The molecule has 0 spiro atoms. The summed E-state index contributed by atoms with van der Waals surface area (Å²) in [6.07, 6.45) is -3.19. The lowest BCUT2D eigenvalue weighted by Crippen LogP contribution is -2.02. The van der Waals surface area contributed by atoms with Crippen LogP contribution in [-0.4, -0.2) is 4.98 Å². The highest BCUT2D eigenvalue weighted by atomic mass is 35.5. The first-order chi connectivity index (χ1) is 5.41. The average Bonchev–Trinajstić information content (AvgIpc) is 2.30. The Bertz CT molecular complexity index is 268. The van der Waals surface area contributed by atoms with Gasteiger partial charge >= 0.3 is 6.18 Å². The number of nitrogens with zero attached hydrogens (tertiary/aromatic N) is 1. The zero-order chi connectivity index (χ0) is 9.35. The van der Waals surface area contributed by atoms with Crippen LogP contribution in [0.1, 0.15) is 22.2 Å². The second-order valence-corrected chi connectivity index (χ2v) is 3.90. The molecule has 1 heterocycles. The van der Waals surface area contributed by atoms with Crippen molar-refractivity contribution in [2.75, 3.05) is 0 Å². The summed E-state index contributed by atoms with van der Waals surface area (Å²) in [6.45, 7) is 1.61. The Kier molecular flexibility index (Phi) is 2.63. The second-order valence-electron chi connectivity index (χ2n) is 2.18. The molecule has 0 radical (unpaired) electrons. The third-order valence-corrected chi connectivity index (χ3v) is 2.75. The van der Waals surface area contributed by atoms with Gasteiger partial charge in [0.25, 0.3) is 0 Å². The van der Waals surface area contributed by atoms with E-state index in [0.717, 1.165) is 6.20 Å². The van der Waals surface area contributed by atoms with Crippen LogP contribution in [0.15, 0.2) is 6.20 Å². The molecular weight excluding hydrogens is 211 g/mol. The highest BCUT2D eigenvalue weighted by molar-refractivity contribution is 7.12. The minimum absolute atomic E-state index is 0.418. The summed E-state index contributed by atoms with van der Waals surface area (Å²) in [6, 6.07) is 0. The molecule has 1 nitrogen and oxygen atoms in total. The van der Waals surface area contributed by atoms with Gasteiger partial charge in [0.05, 0.1) is 5.38 Å². The number of halogens is 4. The van der Waals surface area contributed by atoms with Gasteiger partial charge in [-0.2, -0.15) is 13.2 Å². The van der Waals surface area contributed by atoms with Gasteiger partial charge in [-0.05, 0) is 6.92 Å². The molecule has 68 valence electrons. The maximum absolute atomic E-state index is 12.0. The van der Waals surface area contributed by atoms with Gasteiger partial charge in [-0.15, -0.1) is 22.9 Å². The molecule has 0 saturated heterocycles. The van der Waals surface area contributed by atoms with Crippen molar-refractivity contribution in [3.05, 3.63) is 16.1 Å². The fourth-order valence-electron chi connectivity index (χ4n) is 0.602. The Morgan fingerprint density at radius 2 is 2.17 bits per heavy atom. The topological polar surface area (TPSA) is 12.9 Å². The molecule has 1 atom stereocenters. The van der Waals surface area contributed by atoms with E-state index >= 15 is 0 Å². The minimum atomic E-state index is -4.35. The Morgan fingerprint density at radius 1 is 1.58 bits per heavy atom. The van der Waals surface area contributed by atoms with Crippen molar-refractivity contribution in [3.8, 4) is 0 Å². The second kappa shape index (κ2) is 3.22. The summed E-state index contributed by atoms with van der Waals surface area (Å²) in [4.78, 5) is 3.65. The van der Waals surface area contributed by atoms with Crippen molar-refractivity contribution in [2.24, 2.45) is 0 Å². The predicted molar refractivity (Wildman–Crippen MR) is 41.4 cm³/mol. The molecule has 0 aliphatic heterocycles. The van der Waals surface area contributed by atoms with E-state index in [0.29, 0.717) is 16.2 Å². The highest BCUT2D eigenvalue weighted by Crippen LogP contribution is 2.35. The van der Waals surface area contributed by atoms with Crippen LogP contribution in [-0.2, 0) is 6.18 Å². The Hall–Kier alpha value is -0.290. The van der Waals surface area contributed by atoms with E-state index in [2.05, 4.69) is 4.98 Å². The molecule has 1 aromatic heterocycles. The standard InChI is InChI=1S/C6H5ClF3NS/c1-3(7)4-2-11-5(12-4)6(8,9)10/h2-3H,1H3. The lowest BCUT2D eigenvalue weighted by Gasteiger charge is -1.99.